The number of carbonyl (C=O) groups is 2. The monoisotopic (exact) mass is 340 g/mol. The lowest BCUT2D eigenvalue weighted by Crippen LogP contribution is -2.45. The number of rotatable bonds is 6. The van der Waals surface area contributed by atoms with Gasteiger partial charge in [0.15, 0.2) is 5.41 Å². The predicted octanol–water partition coefficient (Wildman–Crippen LogP) is 3.42. The molecule has 0 saturated heterocycles. The molecule has 0 bridgehead atoms. The molecule has 2 aromatic carbocycles. The van der Waals surface area contributed by atoms with Gasteiger partial charge < -0.3 is 9.47 Å². The van der Waals surface area contributed by atoms with Crippen LogP contribution in [0.1, 0.15) is 22.3 Å². The standard InChI is InChI=1S/C21H24O4/c1-15-5-9-17(10-6-15)13-21(19(22)24-3,20(23)25-4)14-18-11-7-16(2)8-12-18/h5-12H,13-14H2,1-4H3. The fourth-order valence-electron chi connectivity index (χ4n) is 2.93. The number of hydrogen-bond acceptors (Lipinski definition) is 4. The van der Waals surface area contributed by atoms with Crippen molar-refractivity contribution in [2.24, 2.45) is 5.41 Å². The average Bonchev–Trinajstić information content (AvgIpc) is 2.63. The second-order valence-electron chi connectivity index (χ2n) is 6.39. The molecule has 132 valence electrons. The molecule has 0 heterocycles. The van der Waals surface area contributed by atoms with E-state index >= 15 is 0 Å². The predicted molar refractivity (Wildman–Crippen MR) is 96.2 cm³/mol. The highest BCUT2D eigenvalue weighted by Gasteiger charge is 2.48. The van der Waals surface area contributed by atoms with E-state index in [1.165, 1.54) is 14.2 Å². The van der Waals surface area contributed by atoms with Crippen LogP contribution in [0.15, 0.2) is 48.5 Å². The molecule has 0 radical (unpaired) electrons. The Kier molecular flexibility index (Phi) is 5.97. The fraction of sp³-hybridized carbons (Fsp3) is 0.333. The minimum Gasteiger partial charge on any atom is -0.468 e. The van der Waals surface area contributed by atoms with E-state index in [4.69, 9.17) is 9.47 Å². The molecular weight excluding hydrogens is 316 g/mol. The fourth-order valence-corrected chi connectivity index (χ4v) is 2.93. The highest BCUT2D eigenvalue weighted by molar-refractivity contribution is 6.00. The maximum Gasteiger partial charge on any atom is 0.323 e. The summed E-state index contributed by atoms with van der Waals surface area (Å²) < 4.78 is 9.98. The second-order valence-corrected chi connectivity index (χ2v) is 6.39. The van der Waals surface area contributed by atoms with Crippen LogP contribution >= 0.6 is 0 Å². The molecule has 0 aliphatic rings. The molecule has 0 aliphatic carbocycles. The van der Waals surface area contributed by atoms with E-state index in [0.717, 1.165) is 22.3 Å². The van der Waals surface area contributed by atoms with Crippen LogP contribution in [0.5, 0.6) is 0 Å². The molecule has 0 spiro atoms. The SMILES string of the molecule is COC(=O)C(Cc1ccc(C)cc1)(Cc1ccc(C)cc1)C(=O)OC. The number of benzene rings is 2. The highest BCUT2D eigenvalue weighted by Crippen LogP contribution is 2.32. The summed E-state index contributed by atoms with van der Waals surface area (Å²) in [5.41, 5.74) is 2.59. The number of ether oxygens (including phenoxy) is 2. The lowest BCUT2D eigenvalue weighted by atomic mass is 9.76. The number of carbonyl (C=O) groups excluding carboxylic acids is 2. The number of aryl methyl sites for hydroxylation is 2. The minimum atomic E-state index is -1.41. The first-order valence-corrected chi connectivity index (χ1v) is 8.19. The lowest BCUT2D eigenvalue weighted by Gasteiger charge is -2.28. The Bertz CT molecular complexity index is 664. The van der Waals surface area contributed by atoms with Gasteiger partial charge >= 0.3 is 11.9 Å². The lowest BCUT2D eigenvalue weighted by molar-refractivity contribution is -0.169. The molecule has 2 aromatic rings. The third-order valence-electron chi connectivity index (χ3n) is 4.41. The average molecular weight is 340 g/mol. The molecule has 0 fully saturated rings. The molecule has 0 aromatic heterocycles. The minimum absolute atomic E-state index is 0.223. The summed E-state index contributed by atoms with van der Waals surface area (Å²) in [4.78, 5) is 25.3. The molecule has 0 N–H and O–H groups in total. The second kappa shape index (κ2) is 7.97. The molecule has 25 heavy (non-hydrogen) atoms. The highest BCUT2D eigenvalue weighted by atomic mass is 16.5. The summed E-state index contributed by atoms with van der Waals surface area (Å²) in [7, 11) is 2.59. The van der Waals surface area contributed by atoms with Crippen LogP contribution in [0.25, 0.3) is 0 Å². The van der Waals surface area contributed by atoms with Gasteiger partial charge in [-0.2, -0.15) is 0 Å². The zero-order valence-electron chi connectivity index (χ0n) is 15.2. The van der Waals surface area contributed by atoms with Crippen molar-refractivity contribution in [3.05, 3.63) is 70.8 Å². The molecular formula is C21H24O4. The van der Waals surface area contributed by atoms with Crippen LogP contribution in [0.3, 0.4) is 0 Å². The molecule has 0 unspecified atom stereocenters. The van der Waals surface area contributed by atoms with Crippen LogP contribution < -0.4 is 0 Å². The summed E-state index contributed by atoms with van der Waals surface area (Å²) in [5.74, 6) is -1.17. The van der Waals surface area contributed by atoms with Crippen LogP contribution in [0, 0.1) is 19.3 Å². The van der Waals surface area contributed by atoms with Gasteiger partial charge in [-0.1, -0.05) is 59.7 Å². The first-order chi connectivity index (χ1) is 11.9. The zero-order chi connectivity index (χ0) is 18.4. The first-order valence-electron chi connectivity index (χ1n) is 8.19. The van der Waals surface area contributed by atoms with Crippen molar-refractivity contribution in [3.8, 4) is 0 Å². The van der Waals surface area contributed by atoms with E-state index < -0.39 is 17.4 Å². The topological polar surface area (TPSA) is 52.6 Å². The van der Waals surface area contributed by atoms with Crippen molar-refractivity contribution in [3.63, 3.8) is 0 Å². The molecule has 4 heteroatoms. The van der Waals surface area contributed by atoms with Crippen molar-refractivity contribution < 1.29 is 19.1 Å². The largest absolute Gasteiger partial charge is 0.468 e. The van der Waals surface area contributed by atoms with Crippen LogP contribution in [-0.4, -0.2) is 26.2 Å². The Morgan fingerprint density at radius 2 is 1.04 bits per heavy atom. The Hall–Kier alpha value is -2.62. The van der Waals surface area contributed by atoms with Gasteiger partial charge in [-0.05, 0) is 37.8 Å². The molecule has 0 saturated carbocycles. The Morgan fingerprint density at radius 1 is 0.720 bits per heavy atom. The van der Waals surface area contributed by atoms with Crippen molar-refractivity contribution in [1.29, 1.82) is 0 Å². The molecule has 2 rings (SSSR count). The number of hydrogen-bond donors (Lipinski definition) is 0. The summed E-state index contributed by atoms with van der Waals surface area (Å²) in [6.45, 7) is 3.98. The zero-order valence-corrected chi connectivity index (χ0v) is 15.2. The molecule has 0 amide bonds. The van der Waals surface area contributed by atoms with Gasteiger partial charge in [0.05, 0.1) is 14.2 Å². The Labute approximate surface area is 148 Å². The van der Waals surface area contributed by atoms with Gasteiger partial charge in [0.1, 0.15) is 0 Å². The van der Waals surface area contributed by atoms with Gasteiger partial charge in [-0.15, -0.1) is 0 Å². The van der Waals surface area contributed by atoms with Gasteiger partial charge in [0.2, 0.25) is 0 Å². The summed E-state index contributed by atoms with van der Waals surface area (Å²) in [6, 6.07) is 15.5. The third kappa shape index (κ3) is 4.27. The third-order valence-corrected chi connectivity index (χ3v) is 4.41. The van der Waals surface area contributed by atoms with Crippen LogP contribution in [0.2, 0.25) is 0 Å². The van der Waals surface area contributed by atoms with Crippen molar-refractivity contribution >= 4 is 11.9 Å². The Morgan fingerprint density at radius 3 is 1.32 bits per heavy atom. The van der Waals surface area contributed by atoms with E-state index in [0.29, 0.717) is 0 Å². The van der Waals surface area contributed by atoms with Crippen LogP contribution in [-0.2, 0) is 31.9 Å². The van der Waals surface area contributed by atoms with E-state index in [9.17, 15) is 9.59 Å². The molecule has 4 nitrogen and oxygen atoms in total. The van der Waals surface area contributed by atoms with E-state index in [-0.39, 0.29) is 12.8 Å². The van der Waals surface area contributed by atoms with Crippen LogP contribution in [0.4, 0.5) is 0 Å². The number of esters is 2. The van der Waals surface area contributed by atoms with Crippen molar-refractivity contribution in [2.75, 3.05) is 14.2 Å². The van der Waals surface area contributed by atoms with E-state index in [1.807, 2.05) is 62.4 Å². The van der Waals surface area contributed by atoms with E-state index in [2.05, 4.69) is 0 Å². The summed E-state index contributed by atoms with van der Waals surface area (Å²) in [5, 5.41) is 0. The quantitative estimate of drug-likeness (QED) is 0.597. The van der Waals surface area contributed by atoms with Gasteiger partial charge in [0, 0.05) is 0 Å². The van der Waals surface area contributed by atoms with Gasteiger partial charge in [0.25, 0.3) is 0 Å². The smallest absolute Gasteiger partial charge is 0.323 e. The van der Waals surface area contributed by atoms with Gasteiger partial charge in [-0.25, -0.2) is 0 Å². The maximum absolute atomic E-state index is 12.7. The number of methoxy groups -OCH3 is 2. The van der Waals surface area contributed by atoms with Crippen molar-refractivity contribution in [2.45, 2.75) is 26.7 Å². The molecule has 0 atom stereocenters. The van der Waals surface area contributed by atoms with Crippen molar-refractivity contribution in [1.82, 2.24) is 0 Å². The summed E-state index contributed by atoms with van der Waals surface area (Å²) in [6.07, 6.45) is 0.445. The van der Waals surface area contributed by atoms with E-state index in [1.54, 1.807) is 0 Å². The normalized spacial score (nSPS) is 11.0. The Balaban J connectivity index is 2.46. The first kappa shape index (κ1) is 18.7. The maximum atomic E-state index is 12.7. The summed E-state index contributed by atoms with van der Waals surface area (Å²) >= 11 is 0. The van der Waals surface area contributed by atoms with Gasteiger partial charge in [-0.3, -0.25) is 9.59 Å². The molecule has 0 aliphatic heterocycles.